The number of hydrazine groups is 2. The Balaban J connectivity index is 0.000000243. The van der Waals surface area contributed by atoms with E-state index in [0.29, 0.717) is 29.3 Å². The molecule has 8 heteroatoms. The lowest BCUT2D eigenvalue weighted by molar-refractivity contribution is -0.109. The van der Waals surface area contributed by atoms with Gasteiger partial charge in [0.05, 0.1) is 23.5 Å². The highest BCUT2D eigenvalue weighted by Crippen LogP contribution is 2.25. The average Bonchev–Trinajstić information content (AvgIpc) is 2.60. The molecule has 0 bridgehead atoms. The van der Waals surface area contributed by atoms with Crippen molar-refractivity contribution in [3.8, 4) is 5.75 Å². The van der Waals surface area contributed by atoms with Crippen LogP contribution in [0.4, 0.5) is 11.4 Å². The van der Waals surface area contributed by atoms with E-state index in [1.54, 1.807) is 25.3 Å². The van der Waals surface area contributed by atoms with Gasteiger partial charge in [-0.1, -0.05) is 29.3 Å². The maximum atomic E-state index is 9.97. The second-order valence-electron chi connectivity index (χ2n) is 4.49. The minimum atomic E-state index is 0.480. The Labute approximate surface area is 145 Å². The molecule has 0 radical (unpaired) electrons. The lowest BCUT2D eigenvalue weighted by atomic mass is 10.2. The van der Waals surface area contributed by atoms with E-state index < -0.39 is 0 Å². The standard InChI is InChI=1S/C8H9ClN2O2.C8H10N2O/c1-13-6-2-3-8(7(9)4-6)11-10-5-12;1-7-2-4-8(5-3-7)10-9-6-11/h2-5,11H,1H3,(H,10,12);2-6,10H,1H3,(H,9,11). The maximum Gasteiger partial charge on any atom is 0.225 e. The number of carbonyl (C=O) groups is 2. The van der Waals surface area contributed by atoms with Gasteiger partial charge >= 0.3 is 0 Å². The highest BCUT2D eigenvalue weighted by atomic mass is 35.5. The van der Waals surface area contributed by atoms with Crippen LogP contribution in [0, 0.1) is 6.92 Å². The predicted octanol–water partition coefficient (Wildman–Crippen LogP) is 2.49. The smallest absolute Gasteiger partial charge is 0.225 e. The second kappa shape index (κ2) is 10.7. The number of nitrogens with one attached hydrogen (secondary N) is 4. The molecule has 0 atom stereocenters. The molecule has 0 aliphatic rings. The first-order valence-electron chi connectivity index (χ1n) is 6.91. The van der Waals surface area contributed by atoms with Gasteiger partial charge in [0.15, 0.2) is 0 Å². The number of ether oxygens (including phenoxy) is 1. The molecule has 0 aliphatic carbocycles. The molecule has 0 saturated heterocycles. The van der Waals surface area contributed by atoms with E-state index in [1.165, 1.54) is 5.56 Å². The van der Waals surface area contributed by atoms with Crippen molar-refractivity contribution in [2.45, 2.75) is 6.92 Å². The summed E-state index contributed by atoms with van der Waals surface area (Å²) < 4.78 is 4.95. The number of halogens is 1. The van der Waals surface area contributed by atoms with Gasteiger partial charge in [-0.15, -0.1) is 0 Å². The third kappa shape index (κ3) is 6.89. The number of methoxy groups -OCH3 is 1. The molecule has 0 aliphatic heterocycles. The van der Waals surface area contributed by atoms with Crippen LogP contribution in [0.25, 0.3) is 0 Å². The number of hydrogen-bond acceptors (Lipinski definition) is 5. The van der Waals surface area contributed by atoms with E-state index in [2.05, 4.69) is 21.7 Å². The lowest BCUT2D eigenvalue weighted by Gasteiger charge is -2.07. The van der Waals surface area contributed by atoms with Gasteiger partial charge < -0.3 is 4.74 Å². The number of amides is 2. The summed E-state index contributed by atoms with van der Waals surface area (Å²) in [6, 6.07) is 12.8. The molecule has 0 spiro atoms. The molecule has 2 aromatic rings. The minimum absolute atomic E-state index is 0.480. The Morgan fingerprint density at radius 3 is 2.12 bits per heavy atom. The average molecular weight is 351 g/mol. The number of benzene rings is 2. The molecule has 0 saturated carbocycles. The molecular weight excluding hydrogens is 332 g/mol. The summed E-state index contributed by atoms with van der Waals surface area (Å²) in [7, 11) is 1.56. The molecule has 0 unspecified atom stereocenters. The van der Waals surface area contributed by atoms with Crippen LogP contribution >= 0.6 is 11.6 Å². The van der Waals surface area contributed by atoms with E-state index in [1.807, 2.05) is 31.2 Å². The fraction of sp³-hybridized carbons (Fsp3) is 0.125. The molecule has 0 heterocycles. The van der Waals surface area contributed by atoms with Crippen molar-refractivity contribution in [1.82, 2.24) is 10.9 Å². The van der Waals surface area contributed by atoms with Crippen LogP contribution in [-0.4, -0.2) is 19.9 Å². The Morgan fingerprint density at radius 1 is 0.958 bits per heavy atom. The normalized spacial score (nSPS) is 8.96. The third-order valence-corrected chi connectivity index (χ3v) is 3.08. The SMILES string of the molecule is COc1ccc(NNC=O)c(Cl)c1.Cc1ccc(NNC=O)cc1. The Bertz CT molecular complexity index is 650. The van der Waals surface area contributed by atoms with Gasteiger partial charge in [0, 0.05) is 6.07 Å². The van der Waals surface area contributed by atoms with E-state index in [4.69, 9.17) is 16.3 Å². The number of rotatable bonds is 7. The molecule has 24 heavy (non-hydrogen) atoms. The van der Waals surface area contributed by atoms with Crippen LogP contribution < -0.4 is 26.4 Å². The van der Waals surface area contributed by atoms with Crippen LogP contribution in [0.3, 0.4) is 0 Å². The van der Waals surface area contributed by atoms with Gasteiger partial charge in [-0.2, -0.15) is 0 Å². The van der Waals surface area contributed by atoms with Gasteiger partial charge in [0.2, 0.25) is 12.8 Å². The number of aryl methyl sites for hydroxylation is 1. The zero-order chi connectivity index (χ0) is 17.8. The molecule has 0 aromatic heterocycles. The Morgan fingerprint density at radius 2 is 1.58 bits per heavy atom. The highest BCUT2D eigenvalue weighted by molar-refractivity contribution is 6.33. The van der Waals surface area contributed by atoms with Crippen LogP contribution in [0.1, 0.15) is 5.56 Å². The van der Waals surface area contributed by atoms with Gasteiger partial charge in [-0.25, -0.2) is 0 Å². The van der Waals surface area contributed by atoms with Crippen LogP contribution in [0.5, 0.6) is 5.75 Å². The summed E-state index contributed by atoms with van der Waals surface area (Å²) in [5.74, 6) is 0.668. The van der Waals surface area contributed by atoms with Gasteiger partial charge in [0.1, 0.15) is 5.75 Å². The van der Waals surface area contributed by atoms with Crippen LogP contribution in [-0.2, 0) is 9.59 Å². The first-order valence-corrected chi connectivity index (χ1v) is 7.29. The Hall–Kier alpha value is -2.93. The molecule has 2 rings (SSSR count). The lowest BCUT2D eigenvalue weighted by Crippen LogP contribution is -2.19. The minimum Gasteiger partial charge on any atom is -0.497 e. The quantitative estimate of drug-likeness (QED) is 0.455. The van der Waals surface area contributed by atoms with Crippen molar-refractivity contribution < 1.29 is 14.3 Å². The number of anilines is 2. The van der Waals surface area contributed by atoms with Crippen molar-refractivity contribution in [2.75, 3.05) is 18.0 Å². The summed E-state index contributed by atoms with van der Waals surface area (Å²) in [6.07, 6.45) is 1.13. The highest BCUT2D eigenvalue weighted by Gasteiger charge is 2.00. The van der Waals surface area contributed by atoms with Gasteiger partial charge in [-0.05, 0) is 31.2 Å². The zero-order valence-corrected chi connectivity index (χ0v) is 14.1. The van der Waals surface area contributed by atoms with Crippen molar-refractivity contribution in [3.63, 3.8) is 0 Å². The summed E-state index contributed by atoms with van der Waals surface area (Å²) in [5, 5.41) is 0.480. The fourth-order valence-electron chi connectivity index (χ4n) is 1.58. The van der Waals surface area contributed by atoms with E-state index in [0.717, 1.165) is 5.69 Å². The first kappa shape index (κ1) is 19.1. The molecule has 2 aromatic carbocycles. The van der Waals surface area contributed by atoms with Gasteiger partial charge in [0.25, 0.3) is 0 Å². The Kier molecular flexibility index (Phi) is 8.55. The molecule has 4 N–H and O–H groups in total. The zero-order valence-electron chi connectivity index (χ0n) is 13.3. The molecular formula is C16H19ClN4O3. The topological polar surface area (TPSA) is 91.5 Å². The fourth-order valence-corrected chi connectivity index (χ4v) is 1.80. The van der Waals surface area contributed by atoms with Crippen molar-refractivity contribution in [1.29, 1.82) is 0 Å². The predicted molar refractivity (Wildman–Crippen MR) is 94.8 cm³/mol. The summed E-state index contributed by atoms with van der Waals surface area (Å²) in [4.78, 5) is 19.8. The van der Waals surface area contributed by atoms with Crippen molar-refractivity contribution in [3.05, 3.63) is 53.1 Å². The molecule has 128 valence electrons. The number of hydrogen-bond donors (Lipinski definition) is 4. The van der Waals surface area contributed by atoms with E-state index in [-0.39, 0.29) is 0 Å². The van der Waals surface area contributed by atoms with Crippen LogP contribution in [0.2, 0.25) is 5.02 Å². The second-order valence-corrected chi connectivity index (χ2v) is 4.89. The monoisotopic (exact) mass is 350 g/mol. The number of carbonyl (C=O) groups excluding carboxylic acids is 2. The molecule has 0 fully saturated rings. The third-order valence-electron chi connectivity index (χ3n) is 2.77. The molecule has 7 nitrogen and oxygen atoms in total. The summed E-state index contributed by atoms with van der Waals surface area (Å²) in [6.45, 7) is 2.01. The van der Waals surface area contributed by atoms with Crippen molar-refractivity contribution >= 4 is 35.8 Å². The van der Waals surface area contributed by atoms with E-state index in [9.17, 15) is 9.59 Å². The van der Waals surface area contributed by atoms with Crippen LogP contribution in [0.15, 0.2) is 42.5 Å². The molecule has 2 amide bonds. The summed E-state index contributed by atoms with van der Waals surface area (Å²) in [5.41, 5.74) is 12.6. The summed E-state index contributed by atoms with van der Waals surface area (Å²) >= 11 is 5.85. The van der Waals surface area contributed by atoms with E-state index >= 15 is 0 Å². The first-order chi connectivity index (χ1) is 11.6. The maximum absolute atomic E-state index is 9.97. The largest absolute Gasteiger partial charge is 0.497 e. The van der Waals surface area contributed by atoms with Gasteiger partial charge in [-0.3, -0.25) is 31.3 Å². The van der Waals surface area contributed by atoms with Crippen molar-refractivity contribution in [2.24, 2.45) is 0 Å².